The summed E-state index contributed by atoms with van der Waals surface area (Å²) in [6.07, 6.45) is 0. The Morgan fingerprint density at radius 3 is 1.72 bits per heavy atom. The molecule has 7 aromatic carbocycles. The molecule has 0 unspecified atom stereocenters. The number of rotatable bonds is 5. The maximum Gasteiger partial charge on any atom is 0.138 e. The summed E-state index contributed by atoms with van der Waals surface area (Å²) in [4.78, 5) is 5.30. The minimum atomic E-state index is 0.905. The van der Waals surface area contributed by atoms with Crippen LogP contribution in [0.5, 0.6) is 0 Å². The van der Waals surface area contributed by atoms with Crippen molar-refractivity contribution in [2.24, 2.45) is 0 Å². The fourth-order valence-corrected chi connectivity index (χ4v) is 8.45. The van der Waals surface area contributed by atoms with E-state index in [0.717, 1.165) is 33.7 Å². The topological polar surface area (TPSA) is 17.8 Å². The van der Waals surface area contributed by atoms with Gasteiger partial charge in [-0.25, -0.2) is 4.98 Å². The number of benzene rings is 7. The highest BCUT2D eigenvalue weighted by Crippen LogP contribution is 2.39. The first-order chi connectivity index (χ1) is 24.8. The Balaban J connectivity index is 1.12. The van der Waals surface area contributed by atoms with Crippen LogP contribution in [0.2, 0.25) is 0 Å². The van der Waals surface area contributed by atoms with Crippen LogP contribution in [0.4, 0.5) is 0 Å². The van der Waals surface area contributed by atoms with Gasteiger partial charge in [0, 0.05) is 36.5 Å². The molecule has 3 heteroatoms. The average Bonchev–Trinajstić information content (AvgIpc) is 3.73. The second-order valence-corrected chi connectivity index (χ2v) is 13.9. The van der Waals surface area contributed by atoms with E-state index in [1.807, 2.05) is 11.3 Å². The third-order valence-corrected chi connectivity index (χ3v) is 10.9. The lowest BCUT2D eigenvalue weighted by atomic mass is 9.97. The quantitative estimate of drug-likeness (QED) is 0.181. The molecular weight excluding hydrogens is 625 g/mol. The van der Waals surface area contributed by atoms with Gasteiger partial charge in [0.25, 0.3) is 0 Å². The van der Waals surface area contributed by atoms with E-state index in [0.29, 0.717) is 0 Å². The SMILES string of the molecule is c1ccc(-c2cc(-c3ccccc3)nc(-n3c4ccccc4c4cc(-c5cccc(-c6ccc7sc8ccccc8c7c6)c5)ccc43)c2)cc1. The third-order valence-electron chi connectivity index (χ3n) is 9.80. The summed E-state index contributed by atoms with van der Waals surface area (Å²) in [6, 6.07) is 65.6. The lowest BCUT2D eigenvalue weighted by Gasteiger charge is -2.13. The van der Waals surface area contributed by atoms with E-state index < -0.39 is 0 Å². The van der Waals surface area contributed by atoms with Crippen LogP contribution < -0.4 is 0 Å². The molecule has 0 radical (unpaired) electrons. The summed E-state index contributed by atoms with van der Waals surface area (Å²) in [5.74, 6) is 0.905. The third kappa shape index (κ3) is 4.82. The second kappa shape index (κ2) is 11.7. The molecule has 10 rings (SSSR count). The number of para-hydroxylation sites is 1. The molecule has 0 amide bonds. The maximum absolute atomic E-state index is 5.30. The van der Waals surface area contributed by atoms with Gasteiger partial charge in [0.1, 0.15) is 5.82 Å². The molecule has 50 heavy (non-hydrogen) atoms. The zero-order valence-electron chi connectivity index (χ0n) is 27.1. The van der Waals surface area contributed by atoms with Gasteiger partial charge in [-0.1, -0.05) is 127 Å². The van der Waals surface area contributed by atoms with Gasteiger partial charge in [-0.2, -0.15) is 0 Å². The van der Waals surface area contributed by atoms with E-state index >= 15 is 0 Å². The minimum Gasteiger partial charge on any atom is -0.294 e. The predicted octanol–water partition coefficient (Wildman–Crippen LogP) is 13.2. The number of fused-ring (bicyclic) bond motifs is 6. The molecule has 0 fully saturated rings. The van der Waals surface area contributed by atoms with Gasteiger partial charge in [-0.3, -0.25) is 4.57 Å². The van der Waals surface area contributed by atoms with Gasteiger partial charge >= 0.3 is 0 Å². The monoisotopic (exact) mass is 654 g/mol. The van der Waals surface area contributed by atoms with Crippen LogP contribution >= 0.6 is 11.3 Å². The summed E-state index contributed by atoms with van der Waals surface area (Å²) < 4.78 is 4.98. The summed E-state index contributed by atoms with van der Waals surface area (Å²) in [5.41, 5.74) is 11.5. The van der Waals surface area contributed by atoms with Gasteiger partial charge in [0.15, 0.2) is 0 Å². The molecule has 2 nitrogen and oxygen atoms in total. The van der Waals surface area contributed by atoms with Crippen LogP contribution in [0, 0.1) is 0 Å². The van der Waals surface area contributed by atoms with Crippen molar-refractivity contribution in [1.82, 2.24) is 9.55 Å². The molecule has 0 aliphatic carbocycles. The van der Waals surface area contributed by atoms with Gasteiger partial charge in [0.2, 0.25) is 0 Å². The van der Waals surface area contributed by atoms with E-state index in [9.17, 15) is 0 Å². The van der Waals surface area contributed by atoms with Crippen LogP contribution in [-0.4, -0.2) is 9.55 Å². The highest BCUT2D eigenvalue weighted by molar-refractivity contribution is 7.25. The zero-order chi connectivity index (χ0) is 33.0. The lowest BCUT2D eigenvalue weighted by Crippen LogP contribution is -2.00. The van der Waals surface area contributed by atoms with Gasteiger partial charge in [-0.15, -0.1) is 11.3 Å². The Hall–Kier alpha value is -6.29. The summed E-state index contributed by atoms with van der Waals surface area (Å²) in [5, 5.41) is 5.07. The van der Waals surface area contributed by atoms with Crippen LogP contribution in [0.25, 0.3) is 92.4 Å². The molecule has 0 bridgehead atoms. The van der Waals surface area contributed by atoms with Crippen LogP contribution in [0.15, 0.2) is 182 Å². The van der Waals surface area contributed by atoms with Crippen molar-refractivity contribution in [2.45, 2.75) is 0 Å². The van der Waals surface area contributed by atoms with Crippen molar-refractivity contribution in [2.75, 3.05) is 0 Å². The smallest absolute Gasteiger partial charge is 0.138 e. The molecule has 0 atom stereocenters. The molecule has 10 aromatic rings. The number of hydrogen-bond donors (Lipinski definition) is 0. The molecule has 0 aliphatic heterocycles. The summed E-state index contributed by atoms with van der Waals surface area (Å²) in [6.45, 7) is 0. The molecule has 0 aliphatic rings. The molecule has 0 saturated heterocycles. The normalized spacial score (nSPS) is 11.6. The number of thiophene rings is 1. The molecule has 3 aromatic heterocycles. The number of hydrogen-bond acceptors (Lipinski definition) is 2. The first-order valence-corrected chi connectivity index (χ1v) is 17.8. The minimum absolute atomic E-state index is 0.905. The van der Waals surface area contributed by atoms with Crippen LogP contribution in [-0.2, 0) is 0 Å². The average molecular weight is 655 g/mol. The van der Waals surface area contributed by atoms with Crippen LogP contribution in [0.1, 0.15) is 0 Å². The molecule has 0 saturated carbocycles. The summed E-state index contributed by atoms with van der Waals surface area (Å²) in [7, 11) is 0. The molecule has 3 heterocycles. The van der Waals surface area contributed by atoms with Crippen molar-refractivity contribution in [1.29, 1.82) is 0 Å². The van der Waals surface area contributed by atoms with Crippen LogP contribution in [0.3, 0.4) is 0 Å². The first-order valence-electron chi connectivity index (χ1n) is 17.0. The largest absolute Gasteiger partial charge is 0.294 e. The molecule has 0 spiro atoms. The Morgan fingerprint density at radius 2 is 0.920 bits per heavy atom. The highest BCUT2D eigenvalue weighted by Gasteiger charge is 2.17. The molecule has 234 valence electrons. The van der Waals surface area contributed by atoms with Crippen molar-refractivity contribution in [3.05, 3.63) is 182 Å². The highest BCUT2D eigenvalue weighted by atomic mass is 32.1. The molecular formula is C47H30N2S. The van der Waals surface area contributed by atoms with E-state index in [1.54, 1.807) is 0 Å². The summed E-state index contributed by atoms with van der Waals surface area (Å²) >= 11 is 1.86. The first kappa shape index (κ1) is 28.7. The number of nitrogens with zero attached hydrogens (tertiary/aromatic N) is 2. The fourth-order valence-electron chi connectivity index (χ4n) is 7.37. The maximum atomic E-state index is 5.30. The Bertz CT molecular complexity index is 2810. The second-order valence-electron chi connectivity index (χ2n) is 12.8. The van der Waals surface area contributed by atoms with Gasteiger partial charge in [-0.05, 0) is 88.0 Å². The van der Waals surface area contributed by atoms with E-state index in [2.05, 4.69) is 187 Å². The number of aromatic nitrogens is 2. The van der Waals surface area contributed by atoms with Crippen molar-refractivity contribution in [3.63, 3.8) is 0 Å². The van der Waals surface area contributed by atoms with Crippen molar-refractivity contribution < 1.29 is 0 Å². The van der Waals surface area contributed by atoms with E-state index in [4.69, 9.17) is 4.98 Å². The number of pyridine rings is 1. The van der Waals surface area contributed by atoms with E-state index in [1.165, 1.54) is 58.8 Å². The lowest BCUT2D eigenvalue weighted by molar-refractivity contribution is 1.08. The Labute approximate surface area is 294 Å². The Kier molecular flexibility index (Phi) is 6.71. The molecule has 0 N–H and O–H groups in total. The zero-order valence-corrected chi connectivity index (χ0v) is 27.9. The van der Waals surface area contributed by atoms with Gasteiger partial charge in [0.05, 0.1) is 16.7 Å². The van der Waals surface area contributed by atoms with Crippen molar-refractivity contribution >= 4 is 53.3 Å². The fraction of sp³-hybridized carbons (Fsp3) is 0. The standard InChI is InChI=1S/C47H30N2S/c1-3-12-31(13-4-1)37-29-42(32-14-5-2-6-15-32)48-47(30-37)49-43-20-9-7-18-38(43)40-27-35(22-24-44(40)49)33-16-11-17-34(26-33)36-23-25-46-41(28-36)39-19-8-10-21-45(39)50-46/h1-30H. The predicted molar refractivity (Wildman–Crippen MR) is 213 cm³/mol. The van der Waals surface area contributed by atoms with E-state index in [-0.39, 0.29) is 0 Å². The Morgan fingerprint density at radius 1 is 0.340 bits per heavy atom. The van der Waals surface area contributed by atoms with Crippen molar-refractivity contribution in [3.8, 4) is 50.5 Å². The van der Waals surface area contributed by atoms with Gasteiger partial charge < -0.3 is 0 Å².